The number of anilines is 7. The largest absolute Gasteiger partial charge is 0.399 e. The van der Waals surface area contributed by atoms with Crippen LogP contribution in [0, 0.1) is 60.7 Å². The number of nitro benzene ring substituents is 2. The first kappa shape index (κ1) is 76.7. The number of aryl methyl sites for hydroxylation is 5. The third-order valence-corrected chi connectivity index (χ3v) is 12.0. The number of benzene rings is 5. The summed E-state index contributed by atoms with van der Waals surface area (Å²) in [7, 11) is 0. The van der Waals surface area contributed by atoms with E-state index in [4.69, 9.17) is 28.2 Å². The summed E-state index contributed by atoms with van der Waals surface area (Å²) >= 11 is 0. The van der Waals surface area contributed by atoms with Crippen LogP contribution in [0.3, 0.4) is 0 Å². The first-order valence-electron chi connectivity index (χ1n) is 26.0. The van der Waals surface area contributed by atoms with Gasteiger partial charge in [-0.25, -0.2) is 15.1 Å². The maximum Gasteiger partial charge on any atom is 0.269 e. The van der Waals surface area contributed by atoms with Crippen molar-refractivity contribution in [2.45, 2.75) is 131 Å². The molecule has 0 amide bonds. The standard InChI is InChI=1S/C21H30N4O4.C21H32N4.C7H6FNO2.C7H18N2.4ClH/c1-16-14-18(24-29-28)8-10-20(16)22-12-6-4-3-5-7-13-23-21-11-9-19(25(26)27)15-17(21)2;1-16-14-18(22)8-10-20(16)24-12-6-4-3-5-7-13-25-21-11-9-19(23)15-17(21)2;1-5-4-6(9(10)11)2-3-7(5)8;8-6-4-2-1-3-5-7-9;;;;/h8-11,14-15,22-24,28H,3-7,12-13H2,1-2H3;8-11,14-15,24-25H,3-7,12-13,22-23H2,1-2H3;2-4H,1H3;1-9H2;4*1H. The van der Waals surface area contributed by atoms with Gasteiger partial charge in [0.15, 0.2) is 0 Å². The summed E-state index contributed by atoms with van der Waals surface area (Å²) in [6.07, 6.45) is 18.1. The van der Waals surface area contributed by atoms with Crippen LogP contribution in [0.15, 0.2) is 91.0 Å². The van der Waals surface area contributed by atoms with Crippen LogP contribution >= 0.6 is 49.6 Å². The van der Waals surface area contributed by atoms with Crippen molar-refractivity contribution in [1.82, 2.24) is 0 Å². The average molecular weight is 1170 g/mol. The third-order valence-electron chi connectivity index (χ3n) is 12.0. The van der Waals surface area contributed by atoms with Crippen molar-refractivity contribution in [2.24, 2.45) is 11.5 Å². The van der Waals surface area contributed by atoms with Crippen molar-refractivity contribution in [3.05, 3.63) is 145 Å². The number of unbranched alkanes of at least 4 members (excludes halogenated alkanes) is 12. The van der Waals surface area contributed by atoms with E-state index in [-0.39, 0.29) is 65.9 Å². The van der Waals surface area contributed by atoms with Gasteiger partial charge in [0.25, 0.3) is 11.4 Å². The maximum atomic E-state index is 12.5. The molecule has 0 aliphatic carbocycles. The maximum absolute atomic E-state index is 12.5. The molecule has 0 fully saturated rings. The molecule has 78 heavy (non-hydrogen) atoms. The van der Waals surface area contributed by atoms with E-state index in [0.717, 1.165) is 105 Å². The smallest absolute Gasteiger partial charge is 0.269 e. The molecule has 0 aliphatic heterocycles. The Morgan fingerprint density at radius 3 is 1.08 bits per heavy atom. The normalized spacial score (nSPS) is 9.86. The molecule has 0 unspecified atom stereocenters. The minimum absolute atomic E-state index is 0. The number of halogens is 5. The first-order valence-corrected chi connectivity index (χ1v) is 26.0. The number of nitro groups is 2. The van der Waals surface area contributed by atoms with Crippen molar-refractivity contribution >= 4 is 101 Å². The molecular formula is C56H90Cl4FN11O6. The molecule has 0 radical (unpaired) electrons. The summed E-state index contributed by atoms with van der Waals surface area (Å²) < 4.78 is 12.5. The van der Waals surface area contributed by atoms with E-state index >= 15 is 0 Å². The van der Waals surface area contributed by atoms with Crippen molar-refractivity contribution < 1.29 is 24.5 Å². The van der Waals surface area contributed by atoms with Gasteiger partial charge >= 0.3 is 0 Å². The molecule has 0 spiro atoms. The van der Waals surface area contributed by atoms with Crippen LogP contribution in [0.4, 0.5) is 55.6 Å². The van der Waals surface area contributed by atoms with Gasteiger partial charge in [-0.1, -0.05) is 57.8 Å². The number of non-ortho nitro benzene ring substituents is 2. The molecule has 5 aromatic rings. The number of nitrogens with one attached hydrogen (secondary N) is 5. The number of hydrogen-bond acceptors (Lipinski definition) is 15. The van der Waals surface area contributed by atoms with Gasteiger partial charge in [-0.05, 0) is 181 Å². The van der Waals surface area contributed by atoms with E-state index in [9.17, 15) is 24.6 Å². The second-order valence-electron chi connectivity index (χ2n) is 18.4. The fourth-order valence-corrected chi connectivity index (χ4v) is 7.72. The summed E-state index contributed by atoms with van der Waals surface area (Å²) in [4.78, 5) is 23.9. The molecule has 22 heteroatoms. The second-order valence-corrected chi connectivity index (χ2v) is 18.4. The van der Waals surface area contributed by atoms with Gasteiger partial charge in [0, 0.05) is 84.6 Å². The summed E-state index contributed by atoms with van der Waals surface area (Å²) in [5.74, 6) is -0.421. The zero-order valence-corrected chi connectivity index (χ0v) is 49.5. The van der Waals surface area contributed by atoms with E-state index in [0.29, 0.717) is 11.3 Å². The lowest BCUT2D eigenvalue weighted by Crippen LogP contribution is -2.05. The predicted molar refractivity (Wildman–Crippen MR) is 336 cm³/mol. The fraction of sp³-hybridized carbons (Fsp3) is 0.464. The van der Waals surface area contributed by atoms with Crippen molar-refractivity contribution in [3.8, 4) is 0 Å². The Labute approximate surface area is 487 Å². The SMILES string of the molecule is Cc1cc(N)ccc1NCCCCCCCNc1ccc(N)cc1C.Cc1cc(NOO)ccc1NCCCCCCCNc1ccc([N+](=O)[O-])cc1C.Cc1cc([N+](=O)[O-])ccc1F.Cl.Cl.Cl.Cl.NCCCCCCCN. The number of rotatable bonds is 30. The van der Waals surface area contributed by atoms with Crippen LogP contribution < -0.4 is 49.7 Å². The van der Waals surface area contributed by atoms with E-state index in [1.807, 2.05) is 56.3 Å². The lowest BCUT2D eigenvalue weighted by atomic mass is 10.1. The van der Waals surface area contributed by atoms with E-state index < -0.39 is 10.7 Å². The van der Waals surface area contributed by atoms with Gasteiger partial charge in [-0.2, -0.15) is 0 Å². The number of nitrogens with two attached hydrogens (primary N) is 4. The number of hydrogen-bond donors (Lipinski definition) is 10. The van der Waals surface area contributed by atoms with Crippen LogP contribution in [0.5, 0.6) is 0 Å². The van der Waals surface area contributed by atoms with E-state index in [2.05, 4.69) is 57.7 Å². The summed E-state index contributed by atoms with van der Waals surface area (Å²) in [6, 6.07) is 26.1. The van der Waals surface area contributed by atoms with Gasteiger partial charge in [-0.15, -0.1) is 54.6 Å². The third kappa shape index (κ3) is 33.7. The molecule has 17 nitrogen and oxygen atoms in total. The Morgan fingerprint density at radius 1 is 0.449 bits per heavy atom. The molecule has 0 atom stereocenters. The molecule has 0 aliphatic rings. The number of nitrogens with zero attached hydrogens (tertiary/aromatic N) is 2. The second kappa shape index (κ2) is 46.4. The highest BCUT2D eigenvalue weighted by molar-refractivity contribution is 5.86. The molecule has 0 saturated carbocycles. The number of nitrogen functional groups attached to an aromatic ring is 2. The highest BCUT2D eigenvalue weighted by atomic mass is 35.5. The molecule has 0 saturated heterocycles. The van der Waals surface area contributed by atoms with E-state index in [1.54, 1.807) is 12.1 Å². The van der Waals surface area contributed by atoms with Crippen LogP contribution in [-0.2, 0) is 4.99 Å². The Hall–Kier alpha value is -5.57. The van der Waals surface area contributed by atoms with Crippen LogP contribution in [0.25, 0.3) is 0 Å². The highest BCUT2D eigenvalue weighted by Crippen LogP contribution is 2.23. The molecular weight excluding hydrogens is 1080 g/mol. The predicted octanol–water partition coefficient (Wildman–Crippen LogP) is 15.0. The van der Waals surface area contributed by atoms with Crippen molar-refractivity contribution in [2.75, 3.05) is 77.5 Å². The van der Waals surface area contributed by atoms with Gasteiger partial charge in [-0.3, -0.25) is 20.2 Å². The molecule has 14 N–H and O–H groups in total. The highest BCUT2D eigenvalue weighted by Gasteiger charge is 2.09. The van der Waals surface area contributed by atoms with Crippen molar-refractivity contribution in [3.63, 3.8) is 0 Å². The zero-order valence-electron chi connectivity index (χ0n) is 46.2. The lowest BCUT2D eigenvalue weighted by Gasteiger charge is -2.11. The van der Waals surface area contributed by atoms with Crippen LogP contribution in [-0.4, -0.2) is 54.4 Å². The average Bonchev–Trinajstić information content (AvgIpc) is 3.36. The summed E-state index contributed by atoms with van der Waals surface area (Å²) in [5.41, 5.74) is 36.1. The Balaban J connectivity index is -0.00000104. The monoisotopic (exact) mass is 1170 g/mol. The van der Waals surface area contributed by atoms with Crippen LogP contribution in [0.2, 0.25) is 0 Å². The van der Waals surface area contributed by atoms with Gasteiger partial charge in [0.2, 0.25) is 0 Å². The zero-order chi connectivity index (χ0) is 54.5. The Bertz CT molecular complexity index is 2330. The van der Waals surface area contributed by atoms with Crippen LogP contribution in [0.1, 0.15) is 124 Å². The summed E-state index contributed by atoms with van der Waals surface area (Å²) in [6.45, 7) is 15.1. The molecule has 5 rings (SSSR count). The molecule has 0 bridgehead atoms. The fourth-order valence-electron chi connectivity index (χ4n) is 7.72. The quantitative estimate of drug-likeness (QED) is 0.00673. The van der Waals surface area contributed by atoms with E-state index in [1.165, 1.54) is 119 Å². The summed E-state index contributed by atoms with van der Waals surface area (Å²) in [5, 5.41) is 43.1. The molecule has 440 valence electrons. The Morgan fingerprint density at radius 2 is 0.756 bits per heavy atom. The van der Waals surface area contributed by atoms with Gasteiger partial charge < -0.3 is 44.2 Å². The topological polar surface area (TPSA) is 280 Å². The first-order chi connectivity index (χ1) is 35.6. The van der Waals surface area contributed by atoms with Crippen molar-refractivity contribution in [1.29, 1.82) is 0 Å². The Kier molecular flexibility index (Phi) is 45.6. The van der Waals surface area contributed by atoms with Gasteiger partial charge in [0.1, 0.15) is 5.82 Å². The lowest BCUT2D eigenvalue weighted by molar-refractivity contribution is -0.385. The molecule has 5 aromatic carbocycles. The minimum atomic E-state index is -0.549. The minimum Gasteiger partial charge on any atom is -0.399 e. The molecule has 0 heterocycles. The molecule has 0 aromatic heterocycles. The van der Waals surface area contributed by atoms with Gasteiger partial charge in [0.05, 0.1) is 15.5 Å².